The topological polar surface area (TPSA) is 0 Å². The van der Waals surface area contributed by atoms with Gasteiger partial charge in [-0.15, -0.1) is 0 Å². The van der Waals surface area contributed by atoms with Crippen molar-refractivity contribution in [2.24, 2.45) is 0 Å². The first-order valence-corrected chi connectivity index (χ1v) is 5.74. The van der Waals surface area contributed by atoms with Crippen LogP contribution in [0.5, 0.6) is 0 Å². The van der Waals surface area contributed by atoms with Gasteiger partial charge in [0.15, 0.2) is 0 Å². The Morgan fingerprint density at radius 2 is 1.60 bits per heavy atom. The van der Waals surface area contributed by atoms with Gasteiger partial charge in [0.1, 0.15) is 0 Å². The molecule has 1 aliphatic heterocycles. The Morgan fingerprint density at radius 3 is 1.80 bits per heavy atom. The Kier molecular flexibility index (Phi) is 1.47. The summed E-state index contributed by atoms with van der Waals surface area (Å²) in [7, 11) is 0. The van der Waals surface area contributed by atoms with Gasteiger partial charge in [0, 0.05) is 0 Å². The molecule has 0 aromatic carbocycles. The van der Waals surface area contributed by atoms with Crippen molar-refractivity contribution in [3.05, 3.63) is 0 Å². The summed E-state index contributed by atoms with van der Waals surface area (Å²) in [4.78, 5) is 3.31. The first-order valence-electron chi connectivity index (χ1n) is 2.32. The zero-order valence-corrected chi connectivity index (χ0v) is 5.83. The van der Waals surface area contributed by atoms with Crippen LogP contribution in [-0.4, -0.2) is 17.4 Å². The van der Waals surface area contributed by atoms with Crippen LogP contribution in [0.25, 0.3) is 0 Å². The molecule has 27 valence electrons. The Hall–Kier alpha value is 0.636. The molecule has 0 unspecified atom stereocenters. The van der Waals surface area contributed by atoms with Gasteiger partial charge in [0.05, 0.1) is 0 Å². The van der Waals surface area contributed by atoms with Gasteiger partial charge in [-0.1, -0.05) is 0 Å². The maximum absolute atomic E-state index is 1.66. The van der Waals surface area contributed by atoms with Crippen molar-refractivity contribution in [2.45, 2.75) is 22.8 Å². The average molecular weight is 126 g/mol. The Bertz CT molecular complexity index is 15.2. The van der Waals surface area contributed by atoms with E-state index >= 15 is 0 Å². The fourth-order valence-electron chi connectivity index (χ4n) is 0.722. The predicted octanol–water partition coefficient (Wildman–Crippen LogP) is 1.32. The second kappa shape index (κ2) is 1.93. The Balaban J connectivity index is 2.08. The molecule has 1 fully saturated rings. The molecule has 0 bridgehead atoms. The molecule has 0 amide bonds. The Labute approximate surface area is 40.7 Å². The molecule has 0 nitrogen and oxygen atoms in total. The molecule has 0 atom stereocenters. The van der Waals surface area contributed by atoms with Gasteiger partial charge >= 0.3 is 40.2 Å². The predicted molar refractivity (Wildman–Crippen MR) is 24.6 cm³/mol. The third-order valence-corrected chi connectivity index (χ3v) is 4.49. The van der Waals surface area contributed by atoms with Crippen LogP contribution in [0.15, 0.2) is 0 Å². The van der Waals surface area contributed by atoms with Gasteiger partial charge < -0.3 is 0 Å². The molecule has 5 heavy (non-hydrogen) atoms. The molecule has 0 saturated carbocycles. The van der Waals surface area contributed by atoms with Crippen LogP contribution in [0.3, 0.4) is 0 Å². The molecule has 1 aliphatic rings. The van der Waals surface area contributed by atoms with Crippen molar-refractivity contribution in [3.8, 4) is 0 Å². The van der Waals surface area contributed by atoms with Gasteiger partial charge in [-0.3, -0.25) is 0 Å². The first kappa shape index (κ1) is 3.81. The van der Waals surface area contributed by atoms with Crippen LogP contribution >= 0.6 is 0 Å². The molecule has 0 aliphatic carbocycles. The fourth-order valence-corrected chi connectivity index (χ4v) is 3.75. The van der Waals surface area contributed by atoms with Crippen molar-refractivity contribution >= 4 is 17.4 Å². The number of hydrogen-bond acceptors (Lipinski definition) is 0. The third-order valence-electron chi connectivity index (χ3n) is 1.07. The molecule has 1 heterocycles. The van der Waals surface area contributed by atoms with Crippen LogP contribution < -0.4 is 0 Å². The molecule has 1 heteroatoms. The molecule has 0 N–H and O–H groups in total. The van der Waals surface area contributed by atoms with E-state index in [1.807, 2.05) is 0 Å². The zero-order valence-electron chi connectivity index (χ0n) is 3.41. The van der Waals surface area contributed by atoms with E-state index in [9.17, 15) is 0 Å². The van der Waals surface area contributed by atoms with E-state index in [0.29, 0.717) is 17.4 Å². The standard InChI is InChI=1S/C4H8.Ga/c1-3-4-2;/h1-4H2;. The fraction of sp³-hybridized carbons (Fsp3) is 1.00. The van der Waals surface area contributed by atoms with Crippen molar-refractivity contribution in [2.75, 3.05) is 0 Å². The number of hydrogen-bond donors (Lipinski definition) is 0. The van der Waals surface area contributed by atoms with Crippen molar-refractivity contribution in [1.82, 2.24) is 0 Å². The summed E-state index contributed by atoms with van der Waals surface area (Å²) in [6, 6.07) is 0. The second-order valence-electron chi connectivity index (χ2n) is 1.57. The quantitative estimate of drug-likeness (QED) is 0.429. The van der Waals surface area contributed by atoms with E-state index in [1.54, 1.807) is 22.8 Å². The molecule has 0 aromatic heterocycles. The van der Waals surface area contributed by atoms with E-state index in [4.69, 9.17) is 0 Å². The van der Waals surface area contributed by atoms with Crippen molar-refractivity contribution in [3.63, 3.8) is 0 Å². The average Bonchev–Trinajstić information content (AvgIpc) is 1.76. The molecular weight excluding hydrogens is 118 g/mol. The van der Waals surface area contributed by atoms with Crippen LogP contribution in [0, 0.1) is 0 Å². The molecule has 0 aromatic rings. The number of rotatable bonds is 0. The summed E-state index contributed by atoms with van der Waals surface area (Å²) >= 11 is 0.424. The van der Waals surface area contributed by atoms with Gasteiger partial charge in [-0.05, 0) is 0 Å². The van der Waals surface area contributed by atoms with E-state index in [1.165, 1.54) is 0 Å². The molecule has 0 spiro atoms. The van der Waals surface area contributed by atoms with Crippen LogP contribution in [-0.2, 0) is 0 Å². The van der Waals surface area contributed by atoms with E-state index in [-0.39, 0.29) is 0 Å². The van der Waals surface area contributed by atoms with E-state index in [2.05, 4.69) is 0 Å². The van der Waals surface area contributed by atoms with Gasteiger partial charge in [-0.25, -0.2) is 0 Å². The second-order valence-corrected chi connectivity index (χ2v) is 5.21. The van der Waals surface area contributed by atoms with Gasteiger partial charge in [0.2, 0.25) is 0 Å². The van der Waals surface area contributed by atoms with Crippen molar-refractivity contribution < 1.29 is 0 Å². The van der Waals surface area contributed by atoms with Gasteiger partial charge in [-0.2, -0.15) is 0 Å². The van der Waals surface area contributed by atoms with Crippen molar-refractivity contribution in [1.29, 1.82) is 0 Å². The van der Waals surface area contributed by atoms with Crippen LogP contribution in [0.4, 0.5) is 0 Å². The summed E-state index contributed by atoms with van der Waals surface area (Å²) in [6.45, 7) is 0. The maximum atomic E-state index is 1.66. The Morgan fingerprint density at radius 1 is 1.00 bits per heavy atom. The zero-order chi connectivity index (χ0) is 3.54. The third kappa shape index (κ3) is 1.01. The minimum absolute atomic E-state index is 0.424. The monoisotopic (exact) mass is 125 g/mol. The summed E-state index contributed by atoms with van der Waals surface area (Å²) in [5, 5.41) is 0. The van der Waals surface area contributed by atoms with E-state index in [0.717, 1.165) is 0 Å². The summed E-state index contributed by atoms with van der Waals surface area (Å²) in [5.74, 6) is 0. The van der Waals surface area contributed by atoms with Crippen LogP contribution in [0.1, 0.15) is 12.8 Å². The SMILES string of the molecule is C1C[CH2][Ga][CH2]1. The van der Waals surface area contributed by atoms with E-state index < -0.39 is 0 Å². The molecule has 1 saturated heterocycles. The van der Waals surface area contributed by atoms with Gasteiger partial charge in [0.25, 0.3) is 0 Å². The minimum atomic E-state index is 0.424. The summed E-state index contributed by atoms with van der Waals surface area (Å²) < 4.78 is 0. The molecular formula is C4H8Ga. The summed E-state index contributed by atoms with van der Waals surface area (Å²) in [6.07, 6.45) is 3.14. The summed E-state index contributed by atoms with van der Waals surface area (Å²) in [5.41, 5.74) is 0. The molecule has 1 radical (unpaired) electrons. The first-order chi connectivity index (χ1) is 2.50. The normalized spacial score (nSPS) is 22.4. The van der Waals surface area contributed by atoms with Crippen LogP contribution in [0.2, 0.25) is 9.95 Å². The molecule has 1 rings (SSSR count).